The minimum atomic E-state index is -5.85. The summed E-state index contributed by atoms with van der Waals surface area (Å²) < 4.78 is 113. The van der Waals surface area contributed by atoms with E-state index in [1.807, 2.05) is 6.92 Å². The van der Waals surface area contributed by atoms with Crippen LogP contribution in [0.4, 0.5) is 40.8 Å². The Morgan fingerprint density at radius 3 is 2.33 bits per heavy atom. The highest BCUT2D eigenvalue weighted by molar-refractivity contribution is 6.31. The van der Waals surface area contributed by atoms with Crippen LogP contribution in [0.5, 0.6) is 11.5 Å². The lowest BCUT2D eigenvalue weighted by Crippen LogP contribution is -2.42. The minimum absolute atomic E-state index is 0.104. The van der Waals surface area contributed by atoms with Gasteiger partial charge < -0.3 is 14.7 Å². The molecule has 212 valence electrons. The van der Waals surface area contributed by atoms with Crippen LogP contribution in [-0.4, -0.2) is 42.6 Å². The van der Waals surface area contributed by atoms with Gasteiger partial charge in [-0.2, -0.15) is 35.1 Å². The smallest absolute Gasteiger partial charge is 0.457 e. The Morgan fingerprint density at radius 1 is 1.00 bits per heavy atom. The third-order valence-corrected chi connectivity index (χ3v) is 6.23. The molecule has 2 aromatic rings. The van der Waals surface area contributed by atoms with Gasteiger partial charge in [0.05, 0.1) is 6.54 Å². The van der Waals surface area contributed by atoms with Crippen molar-refractivity contribution >= 4 is 17.3 Å². The van der Waals surface area contributed by atoms with Crippen molar-refractivity contribution in [3.8, 4) is 11.5 Å². The van der Waals surface area contributed by atoms with Gasteiger partial charge >= 0.3 is 18.3 Å². The second kappa shape index (κ2) is 12.0. The quantitative estimate of drug-likeness (QED) is 0.302. The molecule has 0 bridgehead atoms. The highest BCUT2D eigenvalue weighted by Crippen LogP contribution is 2.43. The molecular formula is C27H24ClF8NO2. The Hall–Kier alpha value is -3.05. The molecule has 1 atom stereocenters. The number of aliphatic hydroxyl groups excluding tert-OH is 1. The maximum atomic E-state index is 14.1. The Kier molecular flexibility index (Phi) is 9.38. The van der Waals surface area contributed by atoms with Crippen molar-refractivity contribution in [1.29, 1.82) is 0 Å². The fourth-order valence-corrected chi connectivity index (χ4v) is 4.03. The van der Waals surface area contributed by atoms with Crippen molar-refractivity contribution in [3.63, 3.8) is 0 Å². The summed E-state index contributed by atoms with van der Waals surface area (Å²) in [5.74, 6) is -4.53. The van der Waals surface area contributed by atoms with Crippen LogP contribution in [-0.2, 0) is 6.42 Å². The first kappa shape index (κ1) is 30.5. The highest BCUT2D eigenvalue weighted by atomic mass is 35.5. The Balaban J connectivity index is 1.95. The number of nitrogens with zero attached hydrogens (tertiary/aromatic N) is 1. The molecule has 1 N–H and O–H groups in total. The number of hydrogen-bond acceptors (Lipinski definition) is 3. The fraction of sp³-hybridized carbons (Fsp3) is 0.333. The number of halogens is 9. The molecule has 0 fully saturated rings. The average Bonchev–Trinajstić information content (AvgIpc) is 3.09. The van der Waals surface area contributed by atoms with Crippen molar-refractivity contribution in [1.82, 2.24) is 0 Å². The largest absolute Gasteiger partial charge is 0.457 e. The van der Waals surface area contributed by atoms with Crippen molar-refractivity contribution in [2.45, 2.75) is 44.1 Å². The monoisotopic (exact) mass is 581 g/mol. The number of benzene rings is 2. The van der Waals surface area contributed by atoms with E-state index in [1.54, 1.807) is 18.2 Å². The minimum Gasteiger partial charge on any atom is -0.457 e. The summed E-state index contributed by atoms with van der Waals surface area (Å²) in [4.78, 5) is 1.02. The molecule has 3 rings (SSSR count). The summed E-state index contributed by atoms with van der Waals surface area (Å²) in [7, 11) is 0. The third-order valence-electron chi connectivity index (χ3n) is 5.86. The normalized spacial score (nSPS) is 15.4. The highest BCUT2D eigenvalue weighted by Gasteiger charge is 2.59. The van der Waals surface area contributed by atoms with Crippen molar-refractivity contribution in [2.24, 2.45) is 0 Å². The summed E-state index contributed by atoms with van der Waals surface area (Å²) in [5, 5.41) is 10.3. The van der Waals surface area contributed by atoms with E-state index in [-0.39, 0.29) is 17.0 Å². The molecule has 1 aliphatic rings. The van der Waals surface area contributed by atoms with Crippen LogP contribution in [0.15, 0.2) is 77.9 Å². The fourth-order valence-electron chi connectivity index (χ4n) is 3.78. The van der Waals surface area contributed by atoms with Crippen LogP contribution in [0.25, 0.3) is 0 Å². The Bertz CT molecular complexity index is 1250. The molecule has 12 heteroatoms. The number of aryl methyl sites for hydroxylation is 1. The van der Waals surface area contributed by atoms with Crippen molar-refractivity contribution < 1.29 is 45.0 Å². The summed E-state index contributed by atoms with van der Waals surface area (Å²) in [5.41, 5.74) is -0.467. The van der Waals surface area contributed by atoms with E-state index in [9.17, 15) is 40.2 Å². The van der Waals surface area contributed by atoms with Crippen LogP contribution < -0.4 is 9.64 Å². The third kappa shape index (κ3) is 7.76. The van der Waals surface area contributed by atoms with Crippen molar-refractivity contribution in [2.75, 3.05) is 18.0 Å². The number of hydrogen-bond donors (Lipinski definition) is 1. The zero-order chi connectivity index (χ0) is 29.0. The number of aliphatic hydroxyl groups is 1. The second-order valence-corrected chi connectivity index (χ2v) is 9.17. The lowest BCUT2D eigenvalue weighted by atomic mass is 10.0. The topological polar surface area (TPSA) is 32.7 Å². The lowest BCUT2D eigenvalue weighted by molar-refractivity contribution is -0.264. The molecule has 0 saturated heterocycles. The molecule has 0 unspecified atom stereocenters. The van der Waals surface area contributed by atoms with E-state index in [0.29, 0.717) is 23.3 Å². The molecule has 2 aromatic carbocycles. The number of allylic oxidation sites excluding steroid dienone is 4. The molecule has 0 spiro atoms. The first-order valence-corrected chi connectivity index (χ1v) is 12.1. The standard InChI is InChI=1S/C27H24ClF8NO2/c1-2-18-13-22(10-11-23(18)28)39-21-9-5-8-20(14-21)37(16-24(38)26(31,32)33)15-17-6-3-4-7-19(12-17)25(29,30)27(34,35)36/h3-6,8-14,24,38H,2,7,15-16H2,1H3/t24-/m1/s1. The van der Waals surface area contributed by atoms with Gasteiger partial charge in [-0.05, 0) is 54.3 Å². The maximum Gasteiger partial charge on any atom is 0.457 e. The first-order valence-electron chi connectivity index (χ1n) is 11.7. The maximum absolute atomic E-state index is 14.1. The van der Waals surface area contributed by atoms with Crippen LogP contribution in [0, 0.1) is 0 Å². The van der Waals surface area contributed by atoms with Gasteiger partial charge in [0.1, 0.15) is 11.5 Å². The number of alkyl halides is 8. The van der Waals surface area contributed by atoms with E-state index in [0.717, 1.165) is 16.5 Å². The van der Waals surface area contributed by atoms with Crippen LogP contribution >= 0.6 is 11.6 Å². The lowest BCUT2D eigenvalue weighted by Gasteiger charge is -2.29. The second-order valence-electron chi connectivity index (χ2n) is 8.76. The summed E-state index contributed by atoms with van der Waals surface area (Å²) in [6.45, 7) is 0.352. The summed E-state index contributed by atoms with van der Waals surface area (Å²) >= 11 is 6.12. The zero-order valence-corrected chi connectivity index (χ0v) is 21.2. The van der Waals surface area contributed by atoms with E-state index in [4.69, 9.17) is 16.3 Å². The molecule has 0 radical (unpaired) electrons. The van der Waals surface area contributed by atoms with Crippen molar-refractivity contribution in [3.05, 3.63) is 88.5 Å². The molecule has 39 heavy (non-hydrogen) atoms. The number of anilines is 1. The molecule has 3 nitrogen and oxygen atoms in total. The zero-order valence-electron chi connectivity index (χ0n) is 20.5. The SMILES string of the molecule is CCc1cc(Oc2cccc(N(CC3=CC=CCC(C(F)(F)C(F)(F)F)=C3)C[C@@H](O)C(F)(F)F)c2)ccc1Cl. The Morgan fingerprint density at radius 2 is 1.69 bits per heavy atom. The molecule has 0 heterocycles. The van der Waals surface area contributed by atoms with Gasteiger partial charge in [-0.25, -0.2) is 0 Å². The molecule has 0 amide bonds. The van der Waals surface area contributed by atoms with Crippen LogP contribution in [0.1, 0.15) is 18.9 Å². The van der Waals surface area contributed by atoms with Gasteiger partial charge in [0, 0.05) is 28.9 Å². The molecule has 0 aromatic heterocycles. The van der Waals surface area contributed by atoms with Gasteiger partial charge in [-0.3, -0.25) is 0 Å². The van der Waals surface area contributed by atoms with Gasteiger partial charge in [-0.1, -0.05) is 48.9 Å². The van der Waals surface area contributed by atoms with E-state index < -0.39 is 49.5 Å². The molecule has 0 aliphatic heterocycles. The number of ether oxygens (including phenoxy) is 1. The van der Waals surface area contributed by atoms with Gasteiger partial charge in [-0.15, -0.1) is 0 Å². The molecule has 0 saturated carbocycles. The van der Waals surface area contributed by atoms with E-state index >= 15 is 0 Å². The van der Waals surface area contributed by atoms with Gasteiger partial charge in [0.2, 0.25) is 0 Å². The summed E-state index contributed by atoms with van der Waals surface area (Å²) in [6.07, 6.45) is -9.57. The molecule has 1 aliphatic carbocycles. The van der Waals surface area contributed by atoms with Gasteiger partial charge in [0.15, 0.2) is 6.10 Å². The van der Waals surface area contributed by atoms with Crippen LogP contribution in [0.2, 0.25) is 5.02 Å². The average molecular weight is 582 g/mol. The van der Waals surface area contributed by atoms with E-state index in [2.05, 4.69) is 0 Å². The van der Waals surface area contributed by atoms with Crippen LogP contribution in [0.3, 0.4) is 0 Å². The Labute approximate surface area is 224 Å². The predicted octanol–water partition coefficient (Wildman–Crippen LogP) is 8.43. The van der Waals surface area contributed by atoms with E-state index in [1.165, 1.54) is 36.4 Å². The molecular weight excluding hydrogens is 558 g/mol. The van der Waals surface area contributed by atoms with Gasteiger partial charge in [0.25, 0.3) is 0 Å². The number of rotatable bonds is 9. The predicted molar refractivity (Wildman–Crippen MR) is 133 cm³/mol. The first-order chi connectivity index (χ1) is 18.1. The summed E-state index contributed by atoms with van der Waals surface area (Å²) in [6, 6.07) is 10.7.